The molecule has 0 unspecified atom stereocenters. The summed E-state index contributed by atoms with van der Waals surface area (Å²) >= 11 is 0. The maximum Gasteiger partial charge on any atom is 0.338 e. The minimum Gasteiger partial charge on any atom is -0.478 e. The molecule has 20 heavy (non-hydrogen) atoms. The molecule has 0 saturated carbocycles. The molecule has 0 aliphatic carbocycles. The largest absolute Gasteiger partial charge is 0.478 e. The Balaban J connectivity index is 2.18. The third-order valence-corrected chi connectivity index (χ3v) is 2.63. The number of anilines is 2. The highest BCUT2D eigenvalue weighted by molar-refractivity contribution is 6.04. The number of halogens is 1. The van der Waals surface area contributed by atoms with Crippen LogP contribution in [0.5, 0.6) is 0 Å². The van der Waals surface area contributed by atoms with Crippen LogP contribution in [0.4, 0.5) is 15.8 Å². The number of hydrogen-bond donors (Lipinski definition) is 3. The van der Waals surface area contributed by atoms with E-state index in [0.29, 0.717) is 11.3 Å². The van der Waals surface area contributed by atoms with E-state index in [9.17, 15) is 14.0 Å². The van der Waals surface area contributed by atoms with Crippen LogP contribution in [0.1, 0.15) is 20.7 Å². The Morgan fingerprint density at radius 2 is 1.75 bits per heavy atom. The Morgan fingerprint density at radius 3 is 2.30 bits per heavy atom. The number of amides is 1. The zero-order valence-corrected chi connectivity index (χ0v) is 10.3. The molecule has 0 atom stereocenters. The fraction of sp³-hybridized carbons (Fsp3) is 0. The van der Waals surface area contributed by atoms with Gasteiger partial charge >= 0.3 is 5.97 Å². The maximum absolute atomic E-state index is 13.5. The summed E-state index contributed by atoms with van der Waals surface area (Å²) < 4.78 is 13.5. The topological polar surface area (TPSA) is 92.4 Å². The van der Waals surface area contributed by atoms with Crippen LogP contribution in [0.15, 0.2) is 42.5 Å². The number of carboxylic acid groups (broad SMARTS) is 1. The van der Waals surface area contributed by atoms with Gasteiger partial charge in [0.15, 0.2) is 0 Å². The van der Waals surface area contributed by atoms with Gasteiger partial charge in [-0.05, 0) is 42.5 Å². The number of nitrogen functional groups attached to an aromatic ring is 1. The van der Waals surface area contributed by atoms with E-state index in [1.165, 1.54) is 18.2 Å². The molecule has 2 rings (SSSR count). The molecule has 102 valence electrons. The summed E-state index contributed by atoms with van der Waals surface area (Å²) in [7, 11) is 0. The van der Waals surface area contributed by atoms with Gasteiger partial charge in [0.05, 0.1) is 5.56 Å². The normalized spacial score (nSPS) is 10.1. The highest BCUT2D eigenvalue weighted by Crippen LogP contribution is 2.16. The van der Waals surface area contributed by atoms with Gasteiger partial charge in [0.25, 0.3) is 5.91 Å². The number of rotatable bonds is 3. The van der Waals surface area contributed by atoms with Crippen LogP contribution >= 0.6 is 0 Å². The second-order valence-corrected chi connectivity index (χ2v) is 4.08. The molecule has 4 N–H and O–H groups in total. The first kappa shape index (κ1) is 13.5. The van der Waals surface area contributed by atoms with Crippen LogP contribution in [-0.4, -0.2) is 17.0 Å². The van der Waals surface area contributed by atoms with E-state index in [-0.39, 0.29) is 5.69 Å². The molecular formula is C14H11FN2O3. The molecule has 0 heterocycles. The summed E-state index contributed by atoms with van der Waals surface area (Å²) in [5, 5.41) is 11.2. The molecule has 2 aromatic rings. The van der Waals surface area contributed by atoms with E-state index < -0.39 is 23.3 Å². The predicted octanol–water partition coefficient (Wildman–Crippen LogP) is 2.36. The second-order valence-electron chi connectivity index (χ2n) is 4.08. The fourth-order valence-electron chi connectivity index (χ4n) is 1.60. The standard InChI is InChI=1S/C14H11FN2O3/c15-12-7-10(5-6-11(12)14(19)20)17-13(18)8-1-3-9(16)4-2-8/h1-7H,16H2,(H,17,18)(H,19,20). The number of hydrogen-bond acceptors (Lipinski definition) is 3. The Hall–Kier alpha value is -2.89. The van der Waals surface area contributed by atoms with Crippen molar-refractivity contribution >= 4 is 23.3 Å². The second kappa shape index (κ2) is 5.40. The third kappa shape index (κ3) is 2.92. The van der Waals surface area contributed by atoms with Crippen molar-refractivity contribution in [2.75, 3.05) is 11.1 Å². The molecule has 0 spiro atoms. The summed E-state index contributed by atoms with van der Waals surface area (Å²) in [6.07, 6.45) is 0. The van der Waals surface area contributed by atoms with E-state index >= 15 is 0 Å². The lowest BCUT2D eigenvalue weighted by Crippen LogP contribution is -2.12. The monoisotopic (exact) mass is 274 g/mol. The van der Waals surface area contributed by atoms with Crippen molar-refractivity contribution in [3.8, 4) is 0 Å². The maximum atomic E-state index is 13.5. The molecule has 0 aliphatic rings. The zero-order valence-electron chi connectivity index (χ0n) is 10.3. The SMILES string of the molecule is Nc1ccc(C(=O)Nc2ccc(C(=O)O)c(F)c2)cc1. The van der Waals surface area contributed by atoms with Crippen LogP contribution in [0.3, 0.4) is 0 Å². The molecular weight excluding hydrogens is 263 g/mol. The zero-order chi connectivity index (χ0) is 14.7. The van der Waals surface area contributed by atoms with Gasteiger partial charge in [-0.2, -0.15) is 0 Å². The lowest BCUT2D eigenvalue weighted by molar-refractivity contribution is 0.0692. The molecule has 0 aromatic heterocycles. The lowest BCUT2D eigenvalue weighted by atomic mass is 10.1. The number of carbonyl (C=O) groups is 2. The molecule has 0 saturated heterocycles. The number of carbonyl (C=O) groups excluding carboxylic acids is 1. The van der Waals surface area contributed by atoms with Gasteiger partial charge in [-0.25, -0.2) is 9.18 Å². The first-order valence-corrected chi connectivity index (χ1v) is 5.67. The quantitative estimate of drug-likeness (QED) is 0.749. The first-order valence-electron chi connectivity index (χ1n) is 5.67. The molecule has 2 aromatic carbocycles. The van der Waals surface area contributed by atoms with E-state index in [2.05, 4.69) is 5.32 Å². The Morgan fingerprint density at radius 1 is 1.10 bits per heavy atom. The van der Waals surface area contributed by atoms with Gasteiger partial charge in [0, 0.05) is 16.9 Å². The summed E-state index contributed by atoms with van der Waals surface area (Å²) in [5.41, 5.74) is 6.12. The summed E-state index contributed by atoms with van der Waals surface area (Å²) in [6.45, 7) is 0. The first-order chi connectivity index (χ1) is 9.47. The van der Waals surface area contributed by atoms with Gasteiger partial charge in [-0.15, -0.1) is 0 Å². The van der Waals surface area contributed by atoms with Gasteiger partial charge in [-0.3, -0.25) is 4.79 Å². The molecule has 6 heteroatoms. The Bertz CT molecular complexity index is 669. The van der Waals surface area contributed by atoms with E-state index in [4.69, 9.17) is 10.8 Å². The summed E-state index contributed by atoms with van der Waals surface area (Å²) in [6, 6.07) is 9.59. The molecule has 0 bridgehead atoms. The Labute approximate surface area is 113 Å². The molecule has 5 nitrogen and oxygen atoms in total. The average Bonchev–Trinajstić information content (AvgIpc) is 2.39. The van der Waals surface area contributed by atoms with Crippen molar-refractivity contribution in [3.63, 3.8) is 0 Å². The smallest absolute Gasteiger partial charge is 0.338 e. The summed E-state index contributed by atoms with van der Waals surface area (Å²) in [5.74, 6) is -2.71. The fourth-order valence-corrected chi connectivity index (χ4v) is 1.60. The van der Waals surface area contributed by atoms with Crippen LogP contribution in [0, 0.1) is 5.82 Å². The van der Waals surface area contributed by atoms with E-state index in [1.807, 2.05) is 0 Å². The minimum atomic E-state index is -1.36. The number of benzene rings is 2. The van der Waals surface area contributed by atoms with Crippen LogP contribution < -0.4 is 11.1 Å². The number of carboxylic acids is 1. The van der Waals surface area contributed by atoms with Crippen LogP contribution in [0.2, 0.25) is 0 Å². The predicted molar refractivity (Wildman–Crippen MR) is 72.2 cm³/mol. The van der Waals surface area contributed by atoms with Gasteiger partial charge in [0.2, 0.25) is 0 Å². The van der Waals surface area contributed by atoms with Crippen LogP contribution in [-0.2, 0) is 0 Å². The van der Waals surface area contributed by atoms with Crippen molar-refractivity contribution in [1.82, 2.24) is 0 Å². The van der Waals surface area contributed by atoms with Crippen molar-refractivity contribution in [1.29, 1.82) is 0 Å². The number of nitrogens with two attached hydrogens (primary N) is 1. The number of aromatic carboxylic acids is 1. The number of nitrogens with one attached hydrogen (secondary N) is 1. The van der Waals surface area contributed by atoms with E-state index in [1.54, 1.807) is 12.1 Å². The lowest BCUT2D eigenvalue weighted by Gasteiger charge is -2.06. The van der Waals surface area contributed by atoms with Gasteiger partial charge < -0.3 is 16.2 Å². The molecule has 0 aliphatic heterocycles. The third-order valence-electron chi connectivity index (χ3n) is 2.63. The van der Waals surface area contributed by atoms with Crippen LogP contribution in [0.25, 0.3) is 0 Å². The molecule has 0 radical (unpaired) electrons. The van der Waals surface area contributed by atoms with Crippen molar-refractivity contribution < 1.29 is 19.1 Å². The highest BCUT2D eigenvalue weighted by Gasteiger charge is 2.12. The molecule has 0 fully saturated rings. The van der Waals surface area contributed by atoms with Crippen molar-refractivity contribution in [3.05, 3.63) is 59.4 Å². The minimum absolute atomic E-state index is 0.175. The molecule has 1 amide bonds. The summed E-state index contributed by atoms with van der Waals surface area (Å²) in [4.78, 5) is 22.5. The van der Waals surface area contributed by atoms with Gasteiger partial charge in [0.1, 0.15) is 5.82 Å². The van der Waals surface area contributed by atoms with E-state index in [0.717, 1.165) is 12.1 Å². The average molecular weight is 274 g/mol. The van der Waals surface area contributed by atoms with Crippen molar-refractivity contribution in [2.24, 2.45) is 0 Å². The Kier molecular flexibility index (Phi) is 3.65. The highest BCUT2D eigenvalue weighted by atomic mass is 19.1. The van der Waals surface area contributed by atoms with Gasteiger partial charge in [-0.1, -0.05) is 0 Å². The van der Waals surface area contributed by atoms with Crippen molar-refractivity contribution in [2.45, 2.75) is 0 Å².